The lowest BCUT2D eigenvalue weighted by Gasteiger charge is -2.03. The molecule has 0 unspecified atom stereocenters. The third kappa shape index (κ3) is 2.27. The molecule has 0 saturated heterocycles. The van der Waals surface area contributed by atoms with Gasteiger partial charge in [0, 0.05) is 11.5 Å². The normalized spacial score (nSPS) is 29.1. The third-order valence-electron chi connectivity index (χ3n) is 3.82. The third-order valence-corrected chi connectivity index (χ3v) is 3.82. The highest BCUT2D eigenvalue weighted by atomic mass is 16.3. The second kappa shape index (κ2) is 4.61. The molecule has 1 aliphatic carbocycles. The van der Waals surface area contributed by atoms with Crippen LogP contribution in [0, 0.1) is 23.7 Å². The predicted octanol–water partition coefficient (Wildman–Crippen LogP) is 2.77. The first-order valence-electron chi connectivity index (χ1n) is 6.31. The molecule has 17 heavy (non-hydrogen) atoms. The second-order valence-electron chi connectivity index (χ2n) is 5.40. The minimum atomic E-state index is -0.389. The molecular weight excluding hydrogens is 212 g/mol. The van der Waals surface area contributed by atoms with Crippen LogP contribution in [0.25, 0.3) is 0 Å². The number of hydrogen-bond donors (Lipinski definition) is 1. The van der Waals surface area contributed by atoms with Crippen molar-refractivity contribution < 1.29 is 9.90 Å². The number of ketones is 1. The molecule has 0 bridgehead atoms. The summed E-state index contributed by atoms with van der Waals surface area (Å²) < 4.78 is 0. The smallest absolute Gasteiger partial charge is 0.166 e. The molecule has 1 aliphatic rings. The van der Waals surface area contributed by atoms with Gasteiger partial charge in [-0.3, -0.25) is 4.79 Å². The molecule has 0 aromatic heterocycles. The van der Waals surface area contributed by atoms with E-state index in [9.17, 15) is 9.90 Å². The van der Waals surface area contributed by atoms with E-state index in [2.05, 4.69) is 13.8 Å². The van der Waals surface area contributed by atoms with Crippen LogP contribution < -0.4 is 0 Å². The van der Waals surface area contributed by atoms with E-state index in [-0.39, 0.29) is 23.7 Å². The molecule has 0 aliphatic heterocycles. The van der Waals surface area contributed by atoms with Gasteiger partial charge in [0.05, 0.1) is 6.10 Å². The van der Waals surface area contributed by atoms with Crippen molar-refractivity contribution >= 4 is 5.78 Å². The summed E-state index contributed by atoms with van der Waals surface area (Å²) in [6, 6.07) is 9.40. The van der Waals surface area contributed by atoms with Crippen LogP contribution in [0.3, 0.4) is 0 Å². The fraction of sp³-hybridized carbons (Fsp3) is 0.533. The molecule has 1 aromatic rings. The van der Waals surface area contributed by atoms with E-state index in [1.807, 2.05) is 30.3 Å². The van der Waals surface area contributed by atoms with Gasteiger partial charge in [-0.1, -0.05) is 44.2 Å². The van der Waals surface area contributed by atoms with E-state index in [0.717, 1.165) is 5.56 Å². The number of rotatable bonds is 4. The van der Waals surface area contributed by atoms with Crippen molar-refractivity contribution in [1.29, 1.82) is 0 Å². The lowest BCUT2D eigenvalue weighted by molar-refractivity contribution is 0.0931. The van der Waals surface area contributed by atoms with E-state index in [0.29, 0.717) is 11.8 Å². The molecule has 0 radical (unpaired) electrons. The number of carbonyl (C=O) groups excluding carboxylic acids is 1. The topological polar surface area (TPSA) is 37.3 Å². The summed E-state index contributed by atoms with van der Waals surface area (Å²) in [5, 5.41) is 9.73. The Hall–Kier alpha value is -1.15. The van der Waals surface area contributed by atoms with Gasteiger partial charge in [-0.2, -0.15) is 0 Å². The SMILES string of the molecule is CC(C)[C@@H]1[C@@H](C(=O)c2ccccc2)[C@@H]1[C@@H](C)O. The van der Waals surface area contributed by atoms with E-state index >= 15 is 0 Å². The van der Waals surface area contributed by atoms with Crippen molar-refractivity contribution in [2.45, 2.75) is 26.9 Å². The Morgan fingerprint density at radius 3 is 2.12 bits per heavy atom. The summed E-state index contributed by atoms with van der Waals surface area (Å²) in [6.07, 6.45) is -0.389. The lowest BCUT2D eigenvalue weighted by atomic mass is 10.0. The zero-order chi connectivity index (χ0) is 12.6. The fourth-order valence-corrected chi connectivity index (χ4v) is 2.98. The van der Waals surface area contributed by atoms with Crippen LogP contribution in [0.1, 0.15) is 31.1 Å². The van der Waals surface area contributed by atoms with E-state index in [1.54, 1.807) is 6.92 Å². The summed E-state index contributed by atoms with van der Waals surface area (Å²) >= 11 is 0. The maximum absolute atomic E-state index is 12.3. The van der Waals surface area contributed by atoms with Gasteiger partial charge >= 0.3 is 0 Å². The summed E-state index contributed by atoms with van der Waals surface area (Å²) in [7, 11) is 0. The van der Waals surface area contributed by atoms with Gasteiger partial charge in [-0.25, -0.2) is 0 Å². The van der Waals surface area contributed by atoms with Gasteiger partial charge in [0.25, 0.3) is 0 Å². The summed E-state index contributed by atoms with van der Waals surface area (Å²) in [5.41, 5.74) is 0.770. The number of aliphatic hydroxyl groups is 1. The number of benzene rings is 1. The minimum absolute atomic E-state index is 0.0115. The first-order chi connectivity index (χ1) is 8.04. The Morgan fingerprint density at radius 1 is 1.12 bits per heavy atom. The van der Waals surface area contributed by atoms with Crippen LogP contribution >= 0.6 is 0 Å². The molecule has 2 nitrogen and oxygen atoms in total. The van der Waals surface area contributed by atoms with Crippen LogP contribution in [0.4, 0.5) is 0 Å². The fourth-order valence-electron chi connectivity index (χ4n) is 2.98. The van der Waals surface area contributed by atoms with Crippen molar-refractivity contribution in [3.05, 3.63) is 35.9 Å². The molecule has 0 heterocycles. The standard InChI is InChI=1S/C15H20O2/c1-9(2)12-13(10(3)16)14(12)15(17)11-7-5-4-6-8-11/h4-10,12-14,16H,1-3H3/t10-,12+,13-,14-/m1/s1. The molecule has 1 saturated carbocycles. The van der Waals surface area contributed by atoms with Crippen molar-refractivity contribution in [1.82, 2.24) is 0 Å². The van der Waals surface area contributed by atoms with E-state index in [4.69, 9.17) is 0 Å². The van der Waals surface area contributed by atoms with Crippen molar-refractivity contribution in [3.8, 4) is 0 Å². The molecule has 1 aromatic carbocycles. The quantitative estimate of drug-likeness (QED) is 0.810. The minimum Gasteiger partial charge on any atom is -0.393 e. The highest BCUT2D eigenvalue weighted by Crippen LogP contribution is 2.54. The molecule has 0 spiro atoms. The van der Waals surface area contributed by atoms with Crippen LogP contribution in [0.5, 0.6) is 0 Å². The van der Waals surface area contributed by atoms with Gasteiger partial charge in [-0.05, 0) is 24.7 Å². The lowest BCUT2D eigenvalue weighted by Crippen LogP contribution is -2.10. The molecule has 1 N–H and O–H groups in total. The van der Waals surface area contributed by atoms with Crippen molar-refractivity contribution in [3.63, 3.8) is 0 Å². The molecule has 4 atom stereocenters. The molecule has 2 heteroatoms. The Labute approximate surface area is 103 Å². The number of aliphatic hydroxyl groups excluding tert-OH is 1. The van der Waals surface area contributed by atoms with Gasteiger partial charge in [0.2, 0.25) is 0 Å². The molecule has 1 fully saturated rings. The zero-order valence-electron chi connectivity index (χ0n) is 10.6. The summed E-state index contributed by atoms with van der Waals surface area (Å²) in [6.45, 7) is 6.04. The maximum Gasteiger partial charge on any atom is 0.166 e. The van der Waals surface area contributed by atoms with E-state index < -0.39 is 0 Å². The largest absolute Gasteiger partial charge is 0.393 e. The molecule has 0 amide bonds. The summed E-state index contributed by atoms with van der Waals surface area (Å²) in [4.78, 5) is 12.3. The van der Waals surface area contributed by atoms with Crippen LogP contribution in [-0.4, -0.2) is 17.0 Å². The monoisotopic (exact) mass is 232 g/mol. The van der Waals surface area contributed by atoms with Gasteiger partial charge in [-0.15, -0.1) is 0 Å². The zero-order valence-corrected chi connectivity index (χ0v) is 10.6. The Balaban J connectivity index is 2.16. The number of carbonyl (C=O) groups is 1. The van der Waals surface area contributed by atoms with Crippen LogP contribution in [0.15, 0.2) is 30.3 Å². The second-order valence-corrected chi connectivity index (χ2v) is 5.40. The molecule has 92 valence electrons. The first-order valence-corrected chi connectivity index (χ1v) is 6.31. The van der Waals surface area contributed by atoms with Gasteiger partial charge in [0.15, 0.2) is 5.78 Å². The highest BCUT2D eigenvalue weighted by Gasteiger charge is 2.57. The first kappa shape index (κ1) is 12.3. The number of hydrogen-bond acceptors (Lipinski definition) is 2. The van der Waals surface area contributed by atoms with Crippen molar-refractivity contribution in [2.75, 3.05) is 0 Å². The molecular formula is C15H20O2. The Kier molecular flexibility index (Phi) is 3.34. The maximum atomic E-state index is 12.3. The Morgan fingerprint density at radius 2 is 1.71 bits per heavy atom. The van der Waals surface area contributed by atoms with Crippen molar-refractivity contribution in [2.24, 2.45) is 23.7 Å². The van der Waals surface area contributed by atoms with E-state index in [1.165, 1.54) is 0 Å². The Bertz CT molecular complexity index is 381. The highest BCUT2D eigenvalue weighted by molar-refractivity contribution is 6.00. The predicted molar refractivity (Wildman–Crippen MR) is 67.8 cm³/mol. The van der Waals surface area contributed by atoms with Gasteiger partial charge < -0.3 is 5.11 Å². The van der Waals surface area contributed by atoms with Crippen LogP contribution in [-0.2, 0) is 0 Å². The van der Waals surface area contributed by atoms with Gasteiger partial charge in [0.1, 0.15) is 0 Å². The summed E-state index contributed by atoms with van der Waals surface area (Å²) in [5.74, 6) is 1.13. The number of Topliss-reactive ketones (excluding diaryl/α,β-unsaturated/α-hetero) is 1. The average molecular weight is 232 g/mol. The molecule has 2 rings (SSSR count). The average Bonchev–Trinajstić information content (AvgIpc) is 3.04. The van der Waals surface area contributed by atoms with Crippen LogP contribution in [0.2, 0.25) is 0 Å².